The number of hydrogen-bond donors (Lipinski definition) is 1. The number of halogens is 1. The summed E-state index contributed by atoms with van der Waals surface area (Å²) in [6.07, 6.45) is 0.599. The number of hydrogen-bond acceptors (Lipinski definition) is 4. The van der Waals surface area contributed by atoms with Crippen LogP contribution in [-0.2, 0) is 9.59 Å². The zero-order valence-electron chi connectivity index (χ0n) is 13.5. The van der Waals surface area contributed by atoms with Crippen molar-refractivity contribution in [1.82, 2.24) is 10.1 Å². The number of aromatic nitrogens is 1. The summed E-state index contributed by atoms with van der Waals surface area (Å²) in [7, 11) is 1.60. The zero-order valence-corrected chi connectivity index (χ0v) is 13.5. The molecule has 0 unspecified atom stereocenters. The molecule has 7 heteroatoms. The largest absolute Gasteiger partial charge is 0.360 e. The van der Waals surface area contributed by atoms with Crippen molar-refractivity contribution in [1.29, 1.82) is 0 Å². The zero-order chi connectivity index (χ0) is 17.3. The molecule has 0 bridgehead atoms. The lowest BCUT2D eigenvalue weighted by Crippen LogP contribution is -2.45. The van der Waals surface area contributed by atoms with Crippen LogP contribution in [0.2, 0.25) is 0 Å². The molecule has 1 aliphatic heterocycles. The Labute approximate surface area is 138 Å². The van der Waals surface area contributed by atoms with Crippen molar-refractivity contribution in [2.75, 3.05) is 12.4 Å². The van der Waals surface area contributed by atoms with Crippen LogP contribution in [0.1, 0.15) is 30.2 Å². The van der Waals surface area contributed by atoms with Gasteiger partial charge in [0, 0.05) is 25.1 Å². The Morgan fingerprint density at radius 1 is 1.42 bits per heavy atom. The van der Waals surface area contributed by atoms with E-state index in [-0.39, 0.29) is 18.2 Å². The highest BCUT2D eigenvalue weighted by Gasteiger charge is 2.40. The van der Waals surface area contributed by atoms with Crippen LogP contribution >= 0.6 is 0 Å². The van der Waals surface area contributed by atoms with Gasteiger partial charge in [0.1, 0.15) is 11.6 Å². The Hall–Kier alpha value is -2.70. The van der Waals surface area contributed by atoms with E-state index in [4.69, 9.17) is 4.52 Å². The maximum atomic E-state index is 14.2. The van der Waals surface area contributed by atoms with Crippen molar-refractivity contribution in [2.45, 2.75) is 25.8 Å². The molecule has 0 spiro atoms. The Morgan fingerprint density at radius 2 is 2.17 bits per heavy atom. The second-order valence-electron chi connectivity index (χ2n) is 5.93. The van der Waals surface area contributed by atoms with Crippen LogP contribution in [0.5, 0.6) is 0 Å². The number of benzene rings is 1. The molecule has 1 aliphatic rings. The Balaban J connectivity index is 1.90. The molecule has 24 heavy (non-hydrogen) atoms. The third-order valence-electron chi connectivity index (χ3n) is 4.30. The van der Waals surface area contributed by atoms with E-state index >= 15 is 0 Å². The van der Waals surface area contributed by atoms with Gasteiger partial charge in [0.15, 0.2) is 5.82 Å². The highest BCUT2D eigenvalue weighted by atomic mass is 19.1. The molecule has 0 aliphatic carbocycles. The number of anilines is 1. The first-order valence-electron chi connectivity index (χ1n) is 7.71. The smallest absolute Gasteiger partial charge is 0.231 e. The summed E-state index contributed by atoms with van der Waals surface area (Å²) in [4.78, 5) is 26.2. The summed E-state index contributed by atoms with van der Waals surface area (Å²) in [6, 6.07) is 7.17. The summed E-state index contributed by atoms with van der Waals surface area (Å²) >= 11 is 0. The summed E-state index contributed by atoms with van der Waals surface area (Å²) < 4.78 is 19.2. The molecular weight excluding hydrogens is 313 g/mol. The molecule has 2 heterocycles. The van der Waals surface area contributed by atoms with E-state index in [1.807, 2.05) is 0 Å². The molecule has 1 fully saturated rings. The number of amides is 2. The van der Waals surface area contributed by atoms with Gasteiger partial charge in [0.2, 0.25) is 11.8 Å². The molecule has 1 saturated heterocycles. The van der Waals surface area contributed by atoms with Crippen molar-refractivity contribution >= 4 is 17.6 Å². The van der Waals surface area contributed by atoms with E-state index in [0.717, 1.165) is 0 Å². The number of likely N-dealkylation sites (tertiary alicyclic amines) is 1. The van der Waals surface area contributed by atoms with Gasteiger partial charge in [-0.2, -0.15) is 0 Å². The van der Waals surface area contributed by atoms with Crippen LogP contribution in [-0.4, -0.2) is 28.9 Å². The molecule has 1 aromatic carbocycles. The predicted molar refractivity (Wildman–Crippen MR) is 84.5 cm³/mol. The lowest BCUT2D eigenvalue weighted by Gasteiger charge is -2.38. The molecule has 2 amide bonds. The number of aryl methyl sites for hydroxylation is 1. The average molecular weight is 331 g/mol. The Bertz CT molecular complexity index is 774. The molecule has 0 radical (unpaired) electrons. The quantitative estimate of drug-likeness (QED) is 0.938. The van der Waals surface area contributed by atoms with E-state index in [0.29, 0.717) is 23.6 Å². The fourth-order valence-corrected chi connectivity index (χ4v) is 3.10. The maximum absolute atomic E-state index is 14.2. The lowest BCUT2D eigenvalue weighted by atomic mass is 9.83. The maximum Gasteiger partial charge on any atom is 0.231 e. The van der Waals surface area contributed by atoms with E-state index in [9.17, 15) is 14.0 Å². The van der Waals surface area contributed by atoms with Gasteiger partial charge < -0.3 is 14.7 Å². The van der Waals surface area contributed by atoms with Crippen LogP contribution < -0.4 is 5.32 Å². The van der Waals surface area contributed by atoms with Gasteiger partial charge in [-0.3, -0.25) is 9.59 Å². The van der Waals surface area contributed by atoms with Gasteiger partial charge in [0.25, 0.3) is 0 Å². The molecular formula is C17H18FN3O3. The van der Waals surface area contributed by atoms with Crippen LogP contribution in [0.4, 0.5) is 10.2 Å². The monoisotopic (exact) mass is 331 g/mol. The van der Waals surface area contributed by atoms with E-state index in [2.05, 4.69) is 10.5 Å². The minimum atomic E-state index is -0.652. The topological polar surface area (TPSA) is 75.4 Å². The summed E-state index contributed by atoms with van der Waals surface area (Å²) in [6.45, 7) is 1.72. The third kappa shape index (κ3) is 3.02. The molecule has 126 valence electrons. The average Bonchev–Trinajstić information content (AvgIpc) is 2.95. The number of piperidine rings is 1. The molecule has 1 aromatic heterocycles. The van der Waals surface area contributed by atoms with Crippen LogP contribution in [0, 0.1) is 18.7 Å². The number of nitrogens with one attached hydrogen (secondary N) is 1. The van der Waals surface area contributed by atoms with Crippen molar-refractivity contribution < 1.29 is 18.5 Å². The summed E-state index contributed by atoms with van der Waals surface area (Å²) in [5.41, 5.74) is 0.338. The van der Waals surface area contributed by atoms with Crippen molar-refractivity contribution in [3.8, 4) is 0 Å². The highest BCUT2D eigenvalue weighted by Crippen LogP contribution is 2.37. The van der Waals surface area contributed by atoms with Gasteiger partial charge >= 0.3 is 0 Å². The van der Waals surface area contributed by atoms with Crippen molar-refractivity contribution in [3.05, 3.63) is 47.5 Å². The fraction of sp³-hybridized carbons (Fsp3) is 0.353. The standard InChI is InChI=1S/C17H18FN3O3/c1-10-9-14(20-24-10)19-17(23)12-7-8-15(22)21(2)16(12)11-5-3-4-6-13(11)18/h3-6,9,12,16H,7-8H2,1-2H3,(H,19,20,23)/t12-,16-/m0/s1. The molecule has 3 rings (SSSR count). The van der Waals surface area contributed by atoms with Gasteiger partial charge in [-0.25, -0.2) is 4.39 Å². The fourth-order valence-electron chi connectivity index (χ4n) is 3.10. The number of carbonyl (C=O) groups is 2. The third-order valence-corrected chi connectivity index (χ3v) is 4.30. The van der Waals surface area contributed by atoms with Gasteiger partial charge in [-0.05, 0) is 19.4 Å². The first-order chi connectivity index (χ1) is 11.5. The number of nitrogens with zero attached hydrogens (tertiary/aromatic N) is 2. The minimum absolute atomic E-state index is 0.107. The number of carbonyl (C=O) groups excluding carboxylic acids is 2. The Kier molecular flexibility index (Phi) is 4.33. The molecule has 6 nitrogen and oxygen atoms in total. The normalized spacial score (nSPS) is 21.0. The van der Waals surface area contributed by atoms with Crippen LogP contribution in [0.15, 0.2) is 34.9 Å². The number of rotatable bonds is 3. The SMILES string of the molecule is Cc1cc(NC(=O)[C@H]2CCC(=O)N(C)[C@H]2c2ccccc2F)no1. The molecule has 2 aromatic rings. The first kappa shape index (κ1) is 16.2. The van der Waals surface area contributed by atoms with Crippen molar-refractivity contribution in [3.63, 3.8) is 0 Å². The summed E-state index contributed by atoms with van der Waals surface area (Å²) in [5, 5.41) is 6.42. The predicted octanol–water partition coefficient (Wildman–Crippen LogP) is 2.67. The van der Waals surface area contributed by atoms with E-state index < -0.39 is 17.8 Å². The first-order valence-corrected chi connectivity index (χ1v) is 7.71. The highest BCUT2D eigenvalue weighted by molar-refractivity contribution is 5.94. The summed E-state index contributed by atoms with van der Waals surface area (Å²) in [5.74, 6) is -0.530. The second kappa shape index (κ2) is 6.43. The minimum Gasteiger partial charge on any atom is -0.360 e. The van der Waals surface area contributed by atoms with Gasteiger partial charge in [-0.15, -0.1) is 0 Å². The van der Waals surface area contributed by atoms with Crippen molar-refractivity contribution in [2.24, 2.45) is 5.92 Å². The van der Waals surface area contributed by atoms with E-state index in [1.165, 1.54) is 11.0 Å². The lowest BCUT2D eigenvalue weighted by molar-refractivity contribution is -0.140. The second-order valence-corrected chi connectivity index (χ2v) is 5.93. The van der Waals surface area contributed by atoms with E-state index in [1.54, 1.807) is 38.2 Å². The Morgan fingerprint density at radius 3 is 2.83 bits per heavy atom. The van der Waals surface area contributed by atoms with Gasteiger partial charge in [-0.1, -0.05) is 23.4 Å². The van der Waals surface area contributed by atoms with Gasteiger partial charge in [0.05, 0.1) is 12.0 Å². The molecule has 2 atom stereocenters. The van der Waals surface area contributed by atoms with Crippen LogP contribution in [0.25, 0.3) is 0 Å². The molecule has 1 N–H and O–H groups in total. The molecule has 0 saturated carbocycles. The van der Waals surface area contributed by atoms with Crippen LogP contribution in [0.3, 0.4) is 0 Å².